The van der Waals surface area contributed by atoms with Crippen LogP contribution in [-0.2, 0) is 16.1 Å². The van der Waals surface area contributed by atoms with Crippen LogP contribution in [-0.4, -0.2) is 35.4 Å². The van der Waals surface area contributed by atoms with E-state index in [1.807, 2.05) is 54.6 Å². The number of nitrogens with zero attached hydrogens (tertiary/aromatic N) is 1. The predicted molar refractivity (Wildman–Crippen MR) is 121 cm³/mol. The molecule has 0 bridgehead atoms. The Bertz CT molecular complexity index is 1100. The first kappa shape index (κ1) is 21.1. The molecule has 0 unspecified atom stereocenters. The molecular formula is C25H23N3O4. The number of rotatable bonds is 7. The van der Waals surface area contributed by atoms with E-state index in [2.05, 4.69) is 10.6 Å². The molecule has 2 N–H and O–H groups in total. The number of ether oxygens (including phenoxy) is 1. The molecule has 3 aromatic rings. The topological polar surface area (TPSA) is 87.7 Å². The molecule has 1 heterocycles. The summed E-state index contributed by atoms with van der Waals surface area (Å²) in [7, 11) is 0. The summed E-state index contributed by atoms with van der Waals surface area (Å²) in [5.74, 6) is 0.0744. The van der Waals surface area contributed by atoms with Gasteiger partial charge in [0.25, 0.3) is 5.91 Å². The van der Waals surface area contributed by atoms with Crippen molar-refractivity contribution in [1.82, 2.24) is 10.2 Å². The Morgan fingerprint density at radius 2 is 1.62 bits per heavy atom. The summed E-state index contributed by atoms with van der Waals surface area (Å²) in [6.07, 6.45) is -0.692. The lowest BCUT2D eigenvalue weighted by Gasteiger charge is -2.16. The second-order valence-electron chi connectivity index (χ2n) is 7.48. The van der Waals surface area contributed by atoms with Crippen LogP contribution in [0.15, 0.2) is 78.9 Å². The third-order valence-corrected chi connectivity index (χ3v) is 5.14. The zero-order valence-corrected chi connectivity index (χ0v) is 17.6. The minimum Gasteiger partial charge on any atom is -0.481 e. The minimum absolute atomic E-state index is 0.0276. The number of benzene rings is 3. The van der Waals surface area contributed by atoms with Crippen LogP contribution >= 0.6 is 0 Å². The number of imide groups is 1. The third kappa shape index (κ3) is 4.95. The average molecular weight is 429 g/mol. The molecule has 32 heavy (non-hydrogen) atoms. The van der Waals surface area contributed by atoms with Crippen molar-refractivity contribution in [3.8, 4) is 16.9 Å². The van der Waals surface area contributed by atoms with Crippen LogP contribution in [0.25, 0.3) is 11.1 Å². The van der Waals surface area contributed by atoms with Crippen molar-refractivity contribution in [2.24, 2.45) is 0 Å². The lowest BCUT2D eigenvalue weighted by Crippen LogP contribution is -2.30. The Kier molecular flexibility index (Phi) is 6.17. The van der Waals surface area contributed by atoms with Crippen LogP contribution in [0.2, 0.25) is 0 Å². The fourth-order valence-corrected chi connectivity index (χ4v) is 3.35. The number of carbonyl (C=O) groups excluding carboxylic acids is 3. The molecule has 162 valence electrons. The molecule has 4 rings (SSSR count). The van der Waals surface area contributed by atoms with Gasteiger partial charge >= 0.3 is 6.03 Å². The number of anilines is 1. The van der Waals surface area contributed by atoms with Crippen molar-refractivity contribution in [3.63, 3.8) is 0 Å². The van der Waals surface area contributed by atoms with E-state index in [9.17, 15) is 14.4 Å². The van der Waals surface area contributed by atoms with Crippen LogP contribution in [0.4, 0.5) is 10.5 Å². The molecule has 1 fully saturated rings. The maximum absolute atomic E-state index is 12.5. The van der Waals surface area contributed by atoms with Gasteiger partial charge in [-0.3, -0.25) is 14.5 Å². The molecule has 1 aliphatic heterocycles. The van der Waals surface area contributed by atoms with E-state index in [0.29, 0.717) is 11.4 Å². The van der Waals surface area contributed by atoms with Gasteiger partial charge in [0.05, 0.1) is 13.1 Å². The van der Waals surface area contributed by atoms with Crippen LogP contribution in [0.1, 0.15) is 12.5 Å². The minimum atomic E-state index is -0.692. The van der Waals surface area contributed by atoms with Crippen molar-refractivity contribution in [3.05, 3.63) is 84.4 Å². The highest BCUT2D eigenvalue weighted by Crippen LogP contribution is 2.23. The quantitative estimate of drug-likeness (QED) is 0.559. The van der Waals surface area contributed by atoms with Gasteiger partial charge in [-0.2, -0.15) is 0 Å². The molecule has 1 atom stereocenters. The summed E-state index contributed by atoms with van der Waals surface area (Å²) in [5.41, 5.74) is 3.58. The SMILES string of the molecule is C[C@@H](Oc1ccc(-c2ccccc2)cc1)C(=O)Nc1ccc(CN2C(=O)CNC2=O)cc1. The maximum atomic E-state index is 12.5. The summed E-state index contributed by atoms with van der Waals surface area (Å²) < 4.78 is 5.77. The highest BCUT2D eigenvalue weighted by atomic mass is 16.5. The molecule has 1 aliphatic rings. The van der Waals surface area contributed by atoms with E-state index >= 15 is 0 Å². The van der Waals surface area contributed by atoms with E-state index in [0.717, 1.165) is 21.6 Å². The molecule has 0 aromatic heterocycles. The van der Waals surface area contributed by atoms with Crippen molar-refractivity contribution < 1.29 is 19.1 Å². The Balaban J connectivity index is 1.31. The maximum Gasteiger partial charge on any atom is 0.324 e. The summed E-state index contributed by atoms with van der Waals surface area (Å²) >= 11 is 0. The Morgan fingerprint density at radius 1 is 0.969 bits per heavy atom. The largest absolute Gasteiger partial charge is 0.481 e. The summed E-state index contributed by atoms with van der Waals surface area (Å²) in [6, 6.07) is 24.2. The molecule has 7 nitrogen and oxygen atoms in total. The van der Waals surface area contributed by atoms with Gasteiger partial charge < -0.3 is 15.4 Å². The molecule has 7 heteroatoms. The van der Waals surface area contributed by atoms with Gasteiger partial charge in [-0.25, -0.2) is 4.79 Å². The van der Waals surface area contributed by atoms with Crippen molar-refractivity contribution in [1.29, 1.82) is 0 Å². The van der Waals surface area contributed by atoms with Crippen LogP contribution in [0.5, 0.6) is 5.75 Å². The van der Waals surface area contributed by atoms with Crippen molar-refractivity contribution in [2.75, 3.05) is 11.9 Å². The molecule has 0 aliphatic carbocycles. The predicted octanol–water partition coefficient (Wildman–Crippen LogP) is 3.81. The van der Waals surface area contributed by atoms with Gasteiger partial charge in [-0.05, 0) is 47.9 Å². The molecule has 0 radical (unpaired) electrons. The zero-order chi connectivity index (χ0) is 22.5. The first-order valence-electron chi connectivity index (χ1n) is 10.3. The monoisotopic (exact) mass is 429 g/mol. The van der Waals surface area contributed by atoms with E-state index in [1.165, 1.54) is 0 Å². The fourth-order valence-electron chi connectivity index (χ4n) is 3.35. The van der Waals surface area contributed by atoms with Gasteiger partial charge in [0.2, 0.25) is 5.91 Å². The number of hydrogen-bond donors (Lipinski definition) is 2. The van der Waals surface area contributed by atoms with E-state index in [4.69, 9.17) is 4.74 Å². The normalized spacial score (nSPS) is 14.1. The van der Waals surface area contributed by atoms with Gasteiger partial charge in [0, 0.05) is 5.69 Å². The van der Waals surface area contributed by atoms with E-state index < -0.39 is 12.1 Å². The van der Waals surface area contributed by atoms with Crippen molar-refractivity contribution in [2.45, 2.75) is 19.6 Å². The Hall–Kier alpha value is -4.13. The Labute approximate surface area is 186 Å². The van der Waals surface area contributed by atoms with Gasteiger partial charge in [0.15, 0.2) is 6.10 Å². The molecule has 4 amide bonds. The van der Waals surface area contributed by atoms with Gasteiger partial charge in [-0.15, -0.1) is 0 Å². The summed E-state index contributed by atoms with van der Waals surface area (Å²) in [6.45, 7) is 1.91. The highest BCUT2D eigenvalue weighted by Gasteiger charge is 2.28. The second kappa shape index (κ2) is 9.34. The van der Waals surface area contributed by atoms with Crippen LogP contribution < -0.4 is 15.4 Å². The molecule has 0 spiro atoms. The number of amides is 4. The van der Waals surface area contributed by atoms with Crippen LogP contribution in [0, 0.1) is 0 Å². The molecule has 1 saturated heterocycles. The number of hydrogen-bond acceptors (Lipinski definition) is 4. The standard InChI is InChI=1S/C25H23N3O4/c1-17(32-22-13-9-20(10-14-22)19-5-3-2-4-6-19)24(30)27-21-11-7-18(8-12-21)16-28-23(29)15-26-25(28)31/h2-14,17H,15-16H2,1H3,(H,26,31)(H,27,30)/t17-/m1/s1. The smallest absolute Gasteiger partial charge is 0.324 e. The van der Waals surface area contributed by atoms with Crippen molar-refractivity contribution >= 4 is 23.5 Å². The number of nitrogens with one attached hydrogen (secondary N) is 2. The molecule has 0 saturated carbocycles. The Morgan fingerprint density at radius 3 is 2.25 bits per heavy atom. The van der Waals surface area contributed by atoms with Crippen LogP contribution in [0.3, 0.4) is 0 Å². The van der Waals surface area contributed by atoms with Gasteiger partial charge in [0.1, 0.15) is 5.75 Å². The summed E-state index contributed by atoms with van der Waals surface area (Å²) in [5, 5.41) is 5.30. The summed E-state index contributed by atoms with van der Waals surface area (Å²) in [4.78, 5) is 37.0. The molecule has 3 aromatic carbocycles. The fraction of sp³-hybridized carbons (Fsp3) is 0.160. The van der Waals surface area contributed by atoms with E-state index in [1.54, 1.807) is 31.2 Å². The highest BCUT2D eigenvalue weighted by molar-refractivity contribution is 6.01. The number of urea groups is 1. The average Bonchev–Trinajstić information content (AvgIpc) is 3.13. The second-order valence-corrected chi connectivity index (χ2v) is 7.48. The first-order valence-corrected chi connectivity index (χ1v) is 10.3. The zero-order valence-electron chi connectivity index (χ0n) is 17.6. The lowest BCUT2D eigenvalue weighted by molar-refractivity contribution is -0.125. The lowest BCUT2D eigenvalue weighted by atomic mass is 10.1. The van der Waals surface area contributed by atoms with E-state index in [-0.39, 0.29) is 24.9 Å². The van der Waals surface area contributed by atoms with Gasteiger partial charge in [-0.1, -0.05) is 54.6 Å². The number of carbonyl (C=O) groups is 3. The molecular weight excluding hydrogens is 406 g/mol. The third-order valence-electron chi connectivity index (χ3n) is 5.14. The first-order chi connectivity index (χ1) is 15.5.